The van der Waals surface area contributed by atoms with Crippen molar-refractivity contribution in [3.8, 4) is 0 Å². The van der Waals surface area contributed by atoms with Crippen molar-refractivity contribution >= 4 is 15.9 Å². The second-order valence-corrected chi connectivity index (χ2v) is 5.86. The highest BCUT2D eigenvalue weighted by molar-refractivity contribution is 9.10. The topological polar surface area (TPSA) is 40.5 Å². The normalized spacial score (nSPS) is 12.1. The number of rotatable bonds is 6. The van der Waals surface area contributed by atoms with Crippen LogP contribution in [0.1, 0.15) is 32.3 Å². The number of halogens is 1. The Kier molecular flexibility index (Phi) is 5.63. The maximum Gasteiger partial charge on any atom is 0.0550 e. The van der Waals surface area contributed by atoms with E-state index in [2.05, 4.69) is 29.8 Å². The molecular formula is C14H21BrO2. The van der Waals surface area contributed by atoms with E-state index in [1.807, 2.05) is 24.3 Å². The molecule has 0 heterocycles. The Morgan fingerprint density at radius 3 is 2.24 bits per heavy atom. The summed E-state index contributed by atoms with van der Waals surface area (Å²) in [5, 5.41) is 19.4. The summed E-state index contributed by atoms with van der Waals surface area (Å²) in [6, 6.07) is 7.80. The van der Waals surface area contributed by atoms with E-state index < -0.39 is 5.41 Å². The maximum absolute atomic E-state index is 9.69. The summed E-state index contributed by atoms with van der Waals surface area (Å²) in [4.78, 5) is 0. The first-order chi connectivity index (χ1) is 8.05. The lowest BCUT2D eigenvalue weighted by Gasteiger charge is -2.32. The van der Waals surface area contributed by atoms with Gasteiger partial charge < -0.3 is 10.2 Å². The second kappa shape index (κ2) is 6.53. The Morgan fingerprint density at radius 1 is 1.18 bits per heavy atom. The van der Waals surface area contributed by atoms with Crippen molar-refractivity contribution in [2.24, 2.45) is 5.92 Å². The Labute approximate surface area is 112 Å². The number of hydrogen-bond donors (Lipinski definition) is 2. The molecule has 0 atom stereocenters. The number of aliphatic hydroxyl groups is 2. The molecule has 1 aromatic carbocycles. The monoisotopic (exact) mass is 300 g/mol. The summed E-state index contributed by atoms with van der Waals surface area (Å²) in [5.41, 5.74) is 0.454. The zero-order valence-electron chi connectivity index (χ0n) is 10.5. The van der Waals surface area contributed by atoms with Crippen LogP contribution in [0.4, 0.5) is 0 Å². The highest BCUT2D eigenvalue weighted by Gasteiger charge is 2.32. The fraction of sp³-hybridized carbons (Fsp3) is 0.571. The van der Waals surface area contributed by atoms with Gasteiger partial charge in [0.25, 0.3) is 0 Å². The molecule has 17 heavy (non-hydrogen) atoms. The molecule has 2 nitrogen and oxygen atoms in total. The molecule has 0 aromatic heterocycles. The summed E-state index contributed by atoms with van der Waals surface area (Å²) < 4.78 is 0.951. The van der Waals surface area contributed by atoms with Crippen LogP contribution in [0.3, 0.4) is 0 Å². The molecule has 0 bridgehead atoms. The standard InChI is InChI=1S/C14H21BrO2/c1-11(2)7-8-14(9-16,10-17)12-5-3-4-6-13(12)15/h3-6,11,16-17H,7-10H2,1-2H3. The van der Waals surface area contributed by atoms with Crippen molar-refractivity contribution < 1.29 is 10.2 Å². The summed E-state index contributed by atoms with van der Waals surface area (Å²) in [6.45, 7) is 4.25. The summed E-state index contributed by atoms with van der Waals surface area (Å²) in [7, 11) is 0. The van der Waals surface area contributed by atoms with Gasteiger partial charge in [0.1, 0.15) is 0 Å². The van der Waals surface area contributed by atoms with Gasteiger partial charge in [-0.3, -0.25) is 0 Å². The lowest BCUT2D eigenvalue weighted by Crippen LogP contribution is -2.35. The van der Waals surface area contributed by atoms with Gasteiger partial charge >= 0.3 is 0 Å². The van der Waals surface area contributed by atoms with Crippen LogP contribution in [0.2, 0.25) is 0 Å². The van der Waals surface area contributed by atoms with Crippen molar-refractivity contribution in [1.29, 1.82) is 0 Å². The van der Waals surface area contributed by atoms with Crippen LogP contribution in [-0.4, -0.2) is 23.4 Å². The average molecular weight is 301 g/mol. The van der Waals surface area contributed by atoms with Crippen molar-refractivity contribution in [1.82, 2.24) is 0 Å². The summed E-state index contributed by atoms with van der Waals surface area (Å²) in [5.74, 6) is 0.565. The molecule has 1 rings (SSSR count). The SMILES string of the molecule is CC(C)CCC(CO)(CO)c1ccccc1Br. The van der Waals surface area contributed by atoms with E-state index in [1.165, 1.54) is 0 Å². The smallest absolute Gasteiger partial charge is 0.0550 e. The van der Waals surface area contributed by atoms with Crippen molar-refractivity contribution in [2.75, 3.05) is 13.2 Å². The molecule has 0 amide bonds. The third kappa shape index (κ3) is 3.54. The summed E-state index contributed by atoms with van der Waals surface area (Å²) >= 11 is 3.50. The molecule has 3 heteroatoms. The number of aliphatic hydroxyl groups excluding tert-OH is 2. The first-order valence-electron chi connectivity index (χ1n) is 6.02. The minimum atomic E-state index is -0.537. The Morgan fingerprint density at radius 2 is 1.76 bits per heavy atom. The van der Waals surface area contributed by atoms with E-state index in [1.54, 1.807) is 0 Å². The van der Waals surface area contributed by atoms with E-state index in [0.29, 0.717) is 5.92 Å². The van der Waals surface area contributed by atoms with Crippen LogP contribution in [-0.2, 0) is 5.41 Å². The minimum Gasteiger partial charge on any atom is -0.395 e. The van der Waals surface area contributed by atoms with Gasteiger partial charge in [-0.25, -0.2) is 0 Å². The highest BCUT2D eigenvalue weighted by Crippen LogP contribution is 2.34. The van der Waals surface area contributed by atoms with Crippen molar-refractivity contribution in [2.45, 2.75) is 32.1 Å². The van der Waals surface area contributed by atoms with Crippen LogP contribution < -0.4 is 0 Å². The Bertz CT molecular complexity index is 346. The third-order valence-corrected chi connectivity index (χ3v) is 3.94. The van der Waals surface area contributed by atoms with Gasteiger partial charge in [-0.15, -0.1) is 0 Å². The molecule has 0 unspecified atom stereocenters. The quantitative estimate of drug-likeness (QED) is 0.847. The first kappa shape index (κ1) is 14.7. The number of hydrogen-bond acceptors (Lipinski definition) is 2. The van der Waals surface area contributed by atoms with Crippen molar-refractivity contribution in [3.63, 3.8) is 0 Å². The molecule has 0 aliphatic carbocycles. The molecule has 96 valence electrons. The lowest BCUT2D eigenvalue weighted by molar-refractivity contribution is 0.104. The van der Waals surface area contributed by atoms with Crippen LogP contribution in [0.5, 0.6) is 0 Å². The zero-order chi connectivity index (χ0) is 12.9. The van der Waals surface area contributed by atoms with Crippen LogP contribution >= 0.6 is 15.9 Å². The minimum absolute atomic E-state index is 0.0289. The van der Waals surface area contributed by atoms with Gasteiger partial charge in [0.15, 0.2) is 0 Å². The van der Waals surface area contributed by atoms with Gasteiger partial charge in [0.2, 0.25) is 0 Å². The maximum atomic E-state index is 9.69. The fourth-order valence-corrected chi connectivity index (χ4v) is 2.67. The molecule has 1 aromatic rings. The molecular weight excluding hydrogens is 280 g/mol. The van der Waals surface area contributed by atoms with Gasteiger partial charge in [-0.1, -0.05) is 48.0 Å². The van der Waals surface area contributed by atoms with Crippen molar-refractivity contribution in [3.05, 3.63) is 34.3 Å². The van der Waals surface area contributed by atoms with E-state index in [9.17, 15) is 10.2 Å². The third-order valence-electron chi connectivity index (χ3n) is 3.25. The highest BCUT2D eigenvalue weighted by atomic mass is 79.9. The van der Waals surface area contributed by atoms with Gasteiger partial charge in [0, 0.05) is 9.89 Å². The lowest BCUT2D eigenvalue weighted by atomic mass is 9.77. The zero-order valence-corrected chi connectivity index (χ0v) is 12.1. The Balaban J connectivity index is 3.02. The largest absolute Gasteiger partial charge is 0.395 e. The predicted octanol–water partition coefficient (Wildman–Crippen LogP) is 3.11. The van der Waals surface area contributed by atoms with E-state index in [0.717, 1.165) is 22.9 Å². The fourth-order valence-electron chi connectivity index (χ4n) is 1.97. The first-order valence-corrected chi connectivity index (χ1v) is 6.82. The molecule has 0 spiro atoms. The van der Waals surface area contributed by atoms with Crippen LogP contribution in [0, 0.1) is 5.92 Å². The molecule has 0 saturated carbocycles. The van der Waals surface area contributed by atoms with Crippen LogP contribution in [0.15, 0.2) is 28.7 Å². The number of benzene rings is 1. The van der Waals surface area contributed by atoms with Gasteiger partial charge in [-0.2, -0.15) is 0 Å². The Hall–Kier alpha value is -0.380. The molecule has 0 fully saturated rings. The van der Waals surface area contributed by atoms with Gasteiger partial charge in [-0.05, 0) is 30.4 Å². The van der Waals surface area contributed by atoms with E-state index in [-0.39, 0.29) is 13.2 Å². The molecule has 0 radical (unpaired) electrons. The van der Waals surface area contributed by atoms with Crippen LogP contribution in [0.25, 0.3) is 0 Å². The van der Waals surface area contributed by atoms with E-state index >= 15 is 0 Å². The van der Waals surface area contributed by atoms with E-state index in [4.69, 9.17) is 0 Å². The molecule has 0 aliphatic heterocycles. The molecule has 0 saturated heterocycles. The molecule has 2 N–H and O–H groups in total. The second-order valence-electron chi connectivity index (χ2n) is 5.01. The van der Waals surface area contributed by atoms with Gasteiger partial charge in [0.05, 0.1) is 13.2 Å². The summed E-state index contributed by atoms with van der Waals surface area (Å²) in [6.07, 6.45) is 1.78. The molecule has 0 aliphatic rings. The average Bonchev–Trinajstić information content (AvgIpc) is 2.32. The predicted molar refractivity (Wildman–Crippen MR) is 74.1 cm³/mol.